The SMILES string of the molecule is C1=CC(Cc2ccc[nH]2)CCC1. The van der Waals surface area contributed by atoms with Crippen molar-refractivity contribution in [1.29, 1.82) is 0 Å². The minimum atomic E-state index is 0.775. The molecule has 0 spiro atoms. The molecule has 0 bridgehead atoms. The molecule has 0 radical (unpaired) electrons. The number of H-pyrrole nitrogens is 1. The second-order valence-electron chi connectivity index (χ2n) is 3.52. The Hall–Kier alpha value is -0.980. The van der Waals surface area contributed by atoms with E-state index in [4.69, 9.17) is 0 Å². The van der Waals surface area contributed by atoms with E-state index in [2.05, 4.69) is 29.3 Å². The summed E-state index contributed by atoms with van der Waals surface area (Å²) in [6.07, 6.45) is 11.9. The van der Waals surface area contributed by atoms with Gasteiger partial charge in [0, 0.05) is 11.9 Å². The summed E-state index contributed by atoms with van der Waals surface area (Å²) < 4.78 is 0. The Labute approximate surface area is 73.5 Å². The van der Waals surface area contributed by atoms with Gasteiger partial charge in [-0.05, 0) is 43.7 Å². The summed E-state index contributed by atoms with van der Waals surface area (Å²) in [6.45, 7) is 0. The van der Waals surface area contributed by atoms with Crippen LogP contribution in [0.25, 0.3) is 0 Å². The van der Waals surface area contributed by atoms with E-state index in [1.54, 1.807) is 0 Å². The summed E-state index contributed by atoms with van der Waals surface area (Å²) in [4.78, 5) is 3.25. The summed E-state index contributed by atoms with van der Waals surface area (Å²) in [5, 5.41) is 0. The van der Waals surface area contributed by atoms with Gasteiger partial charge in [-0.15, -0.1) is 0 Å². The van der Waals surface area contributed by atoms with Crippen molar-refractivity contribution in [3.63, 3.8) is 0 Å². The number of nitrogens with one attached hydrogen (secondary N) is 1. The lowest BCUT2D eigenvalue weighted by Gasteiger charge is -2.14. The van der Waals surface area contributed by atoms with Gasteiger partial charge in [0.05, 0.1) is 0 Å². The van der Waals surface area contributed by atoms with E-state index in [9.17, 15) is 0 Å². The predicted octanol–water partition coefficient (Wildman–Crippen LogP) is 2.91. The third-order valence-electron chi connectivity index (χ3n) is 2.50. The molecule has 0 aromatic carbocycles. The Morgan fingerprint density at radius 2 is 2.50 bits per heavy atom. The molecule has 2 rings (SSSR count). The maximum absolute atomic E-state index is 3.25. The summed E-state index contributed by atoms with van der Waals surface area (Å²) in [7, 11) is 0. The van der Waals surface area contributed by atoms with Crippen molar-refractivity contribution >= 4 is 0 Å². The predicted molar refractivity (Wildman–Crippen MR) is 51.0 cm³/mol. The molecule has 1 aromatic heterocycles. The van der Waals surface area contributed by atoms with Crippen LogP contribution in [0.3, 0.4) is 0 Å². The van der Waals surface area contributed by atoms with Crippen molar-refractivity contribution in [1.82, 2.24) is 4.98 Å². The standard InChI is InChI=1S/C11H15N/c1-2-5-10(6-3-1)9-11-7-4-8-12-11/h2,4-5,7-8,10,12H,1,3,6,9H2. The third-order valence-corrected chi connectivity index (χ3v) is 2.50. The maximum atomic E-state index is 3.25. The second-order valence-corrected chi connectivity index (χ2v) is 3.52. The van der Waals surface area contributed by atoms with Crippen LogP contribution in [0, 0.1) is 5.92 Å². The largest absolute Gasteiger partial charge is 0.365 e. The Bertz CT molecular complexity index is 246. The molecule has 64 valence electrons. The molecule has 0 saturated carbocycles. The normalized spacial score (nSPS) is 22.8. The highest BCUT2D eigenvalue weighted by Crippen LogP contribution is 2.20. The lowest BCUT2D eigenvalue weighted by molar-refractivity contribution is 0.534. The molecule has 0 amide bonds. The lowest BCUT2D eigenvalue weighted by atomic mass is 9.92. The van der Waals surface area contributed by atoms with E-state index in [0.717, 1.165) is 5.92 Å². The lowest BCUT2D eigenvalue weighted by Crippen LogP contribution is -2.04. The van der Waals surface area contributed by atoms with Gasteiger partial charge in [0.15, 0.2) is 0 Å². The fraction of sp³-hybridized carbons (Fsp3) is 0.455. The van der Waals surface area contributed by atoms with E-state index in [1.165, 1.54) is 31.4 Å². The molecule has 12 heavy (non-hydrogen) atoms. The zero-order valence-electron chi connectivity index (χ0n) is 7.29. The fourth-order valence-electron chi connectivity index (χ4n) is 1.83. The maximum Gasteiger partial charge on any atom is 0.0153 e. The van der Waals surface area contributed by atoms with Crippen LogP contribution in [0.15, 0.2) is 30.5 Å². The van der Waals surface area contributed by atoms with E-state index < -0.39 is 0 Å². The highest BCUT2D eigenvalue weighted by Gasteiger charge is 2.08. The van der Waals surface area contributed by atoms with Crippen molar-refractivity contribution < 1.29 is 0 Å². The molecule has 1 nitrogen and oxygen atoms in total. The summed E-state index contributed by atoms with van der Waals surface area (Å²) in [5.41, 5.74) is 1.37. The highest BCUT2D eigenvalue weighted by molar-refractivity contribution is 5.07. The topological polar surface area (TPSA) is 15.8 Å². The number of aromatic amines is 1. The monoisotopic (exact) mass is 161 g/mol. The van der Waals surface area contributed by atoms with Gasteiger partial charge in [-0.25, -0.2) is 0 Å². The summed E-state index contributed by atoms with van der Waals surface area (Å²) in [5.74, 6) is 0.775. The van der Waals surface area contributed by atoms with Gasteiger partial charge in [0.2, 0.25) is 0 Å². The molecule has 1 N–H and O–H groups in total. The smallest absolute Gasteiger partial charge is 0.0153 e. The molecule has 1 heterocycles. The molecule has 0 saturated heterocycles. The van der Waals surface area contributed by atoms with Gasteiger partial charge >= 0.3 is 0 Å². The number of rotatable bonds is 2. The van der Waals surface area contributed by atoms with E-state index in [1.807, 2.05) is 6.20 Å². The Balaban J connectivity index is 1.94. The molecule has 1 aromatic rings. The average Bonchev–Trinajstić information content (AvgIpc) is 2.59. The first-order valence-electron chi connectivity index (χ1n) is 4.74. The van der Waals surface area contributed by atoms with Gasteiger partial charge in [0.25, 0.3) is 0 Å². The van der Waals surface area contributed by atoms with Crippen LogP contribution in [0.1, 0.15) is 25.0 Å². The Morgan fingerprint density at radius 1 is 1.50 bits per heavy atom. The summed E-state index contributed by atoms with van der Waals surface area (Å²) in [6, 6.07) is 4.24. The molecular formula is C11H15N. The highest BCUT2D eigenvalue weighted by atomic mass is 14.7. The van der Waals surface area contributed by atoms with Crippen LogP contribution >= 0.6 is 0 Å². The zero-order valence-corrected chi connectivity index (χ0v) is 7.29. The first kappa shape index (κ1) is 7.66. The quantitative estimate of drug-likeness (QED) is 0.642. The molecule has 1 heteroatoms. The van der Waals surface area contributed by atoms with Crippen LogP contribution < -0.4 is 0 Å². The van der Waals surface area contributed by atoms with Gasteiger partial charge in [-0.3, -0.25) is 0 Å². The minimum absolute atomic E-state index is 0.775. The van der Waals surface area contributed by atoms with Gasteiger partial charge in [-0.1, -0.05) is 12.2 Å². The Morgan fingerprint density at radius 3 is 3.17 bits per heavy atom. The van der Waals surface area contributed by atoms with Crippen molar-refractivity contribution in [3.05, 3.63) is 36.2 Å². The van der Waals surface area contributed by atoms with Crippen LogP contribution in [-0.4, -0.2) is 4.98 Å². The third kappa shape index (κ3) is 1.79. The molecular weight excluding hydrogens is 146 g/mol. The number of allylic oxidation sites excluding steroid dienone is 2. The fourth-order valence-corrected chi connectivity index (χ4v) is 1.83. The van der Waals surface area contributed by atoms with E-state index in [-0.39, 0.29) is 0 Å². The van der Waals surface area contributed by atoms with E-state index in [0.29, 0.717) is 0 Å². The number of aromatic nitrogens is 1. The minimum Gasteiger partial charge on any atom is -0.365 e. The molecule has 1 unspecified atom stereocenters. The van der Waals surface area contributed by atoms with Crippen molar-refractivity contribution in [2.24, 2.45) is 5.92 Å². The zero-order chi connectivity index (χ0) is 8.23. The van der Waals surface area contributed by atoms with Crippen molar-refractivity contribution in [2.45, 2.75) is 25.7 Å². The average molecular weight is 161 g/mol. The number of hydrogen-bond donors (Lipinski definition) is 1. The molecule has 1 aliphatic carbocycles. The van der Waals surface area contributed by atoms with Gasteiger partial charge < -0.3 is 4.98 Å². The number of hydrogen-bond acceptors (Lipinski definition) is 0. The molecule has 0 fully saturated rings. The summed E-state index contributed by atoms with van der Waals surface area (Å²) >= 11 is 0. The van der Waals surface area contributed by atoms with Gasteiger partial charge in [0.1, 0.15) is 0 Å². The molecule has 1 aliphatic rings. The van der Waals surface area contributed by atoms with Crippen molar-refractivity contribution in [3.8, 4) is 0 Å². The van der Waals surface area contributed by atoms with Gasteiger partial charge in [-0.2, -0.15) is 0 Å². The van der Waals surface area contributed by atoms with E-state index >= 15 is 0 Å². The molecule has 0 aliphatic heterocycles. The first-order chi connectivity index (χ1) is 5.95. The second kappa shape index (κ2) is 3.61. The van der Waals surface area contributed by atoms with Crippen molar-refractivity contribution in [2.75, 3.05) is 0 Å². The van der Waals surface area contributed by atoms with Crippen LogP contribution in [0.4, 0.5) is 0 Å². The molecule has 1 atom stereocenters. The Kier molecular flexibility index (Phi) is 2.31. The first-order valence-corrected chi connectivity index (χ1v) is 4.74. The van der Waals surface area contributed by atoms with Crippen LogP contribution in [-0.2, 0) is 6.42 Å². The van der Waals surface area contributed by atoms with Crippen LogP contribution in [0.5, 0.6) is 0 Å². The van der Waals surface area contributed by atoms with Crippen LogP contribution in [0.2, 0.25) is 0 Å².